The summed E-state index contributed by atoms with van der Waals surface area (Å²) in [5.41, 5.74) is 1.13. The SMILES string of the molecule is CC(C)OCCC(=O)N1CCCC1c1cccc(Cl)c1. The van der Waals surface area contributed by atoms with Gasteiger partial charge in [-0.25, -0.2) is 0 Å². The van der Waals surface area contributed by atoms with Crippen LogP contribution in [0.3, 0.4) is 0 Å². The van der Waals surface area contributed by atoms with E-state index in [1.54, 1.807) is 0 Å². The Hall–Kier alpha value is -1.06. The van der Waals surface area contributed by atoms with Gasteiger partial charge in [0.2, 0.25) is 5.91 Å². The smallest absolute Gasteiger partial charge is 0.225 e. The van der Waals surface area contributed by atoms with Crippen LogP contribution in [0.15, 0.2) is 24.3 Å². The largest absolute Gasteiger partial charge is 0.378 e. The van der Waals surface area contributed by atoms with Crippen molar-refractivity contribution in [2.45, 2.75) is 45.3 Å². The molecular weight excluding hydrogens is 274 g/mol. The fourth-order valence-electron chi connectivity index (χ4n) is 2.65. The van der Waals surface area contributed by atoms with E-state index < -0.39 is 0 Å². The Balaban J connectivity index is 1.98. The number of rotatable bonds is 5. The Morgan fingerprint density at radius 3 is 3.00 bits per heavy atom. The molecule has 1 heterocycles. The van der Waals surface area contributed by atoms with E-state index in [-0.39, 0.29) is 18.1 Å². The molecule has 1 aromatic carbocycles. The monoisotopic (exact) mass is 295 g/mol. The highest BCUT2D eigenvalue weighted by Crippen LogP contribution is 2.33. The molecule has 1 unspecified atom stereocenters. The van der Waals surface area contributed by atoms with Gasteiger partial charge in [0.25, 0.3) is 0 Å². The predicted octanol–water partition coefficient (Wildman–Crippen LogP) is 3.82. The molecule has 110 valence electrons. The van der Waals surface area contributed by atoms with Gasteiger partial charge in [-0.2, -0.15) is 0 Å². The van der Waals surface area contributed by atoms with Gasteiger partial charge in [0, 0.05) is 11.6 Å². The zero-order chi connectivity index (χ0) is 14.5. The van der Waals surface area contributed by atoms with Crippen molar-refractivity contribution >= 4 is 17.5 Å². The van der Waals surface area contributed by atoms with Crippen LogP contribution >= 0.6 is 11.6 Å². The minimum absolute atomic E-state index is 0.167. The summed E-state index contributed by atoms with van der Waals surface area (Å²) in [5, 5.41) is 0.727. The van der Waals surface area contributed by atoms with Crippen LogP contribution in [-0.4, -0.2) is 30.1 Å². The summed E-state index contributed by atoms with van der Waals surface area (Å²) < 4.78 is 5.46. The average Bonchev–Trinajstić information content (AvgIpc) is 2.87. The van der Waals surface area contributed by atoms with E-state index in [1.165, 1.54) is 0 Å². The van der Waals surface area contributed by atoms with Crippen molar-refractivity contribution in [3.8, 4) is 0 Å². The molecule has 1 fully saturated rings. The van der Waals surface area contributed by atoms with E-state index in [2.05, 4.69) is 0 Å². The Labute approximate surface area is 125 Å². The first-order valence-electron chi connectivity index (χ1n) is 7.24. The normalized spacial score (nSPS) is 18.8. The minimum Gasteiger partial charge on any atom is -0.378 e. The maximum Gasteiger partial charge on any atom is 0.225 e. The number of nitrogens with zero attached hydrogens (tertiary/aromatic N) is 1. The summed E-state index contributed by atoms with van der Waals surface area (Å²) in [6.45, 7) is 5.29. The number of ether oxygens (including phenoxy) is 1. The van der Waals surface area contributed by atoms with Crippen molar-refractivity contribution in [3.63, 3.8) is 0 Å². The van der Waals surface area contributed by atoms with Gasteiger partial charge in [-0.3, -0.25) is 4.79 Å². The Morgan fingerprint density at radius 1 is 1.50 bits per heavy atom. The molecule has 1 saturated heterocycles. The summed E-state index contributed by atoms with van der Waals surface area (Å²) in [5.74, 6) is 0.174. The molecule has 0 spiro atoms. The van der Waals surface area contributed by atoms with Crippen LogP contribution in [-0.2, 0) is 9.53 Å². The molecule has 2 rings (SSSR count). The minimum atomic E-state index is 0.167. The van der Waals surface area contributed by atoms with Crippen molar-refractivity contribution in [2.75, 3.05) is 13.2 Å². The van der Waals surface area contributed by atoms with Crippen LogP contribution in [0.1, 0.15) is 44.7 Å². The van der Waals surface area contributed by atoms with E-state index in [9.17, 15) is 4.79 Å². The molecule has 0 N–H and O–H groups in total. The first kappa shape index (κ1) is 15.3. The molecule has 0 aliphatic carbocycles. The van der Waals surface area contributed by atoms with Gasteiger partial charge >= 0.3 is 0 Å². The lowest BCUT2D eigenvalue weighted by atomic mass is 10.0. The predicted molar refractivity (Wildman–Crippen MR) is 80.8 cm³/mol. The molecule has 3 nitrogen and oxygen atoms in total. The number of likely N-dealkylation sites (tertiary alicyclic amines) is 1. The van der Waals surface area contributed by atoms with E-state index in [0.29, 0.717) is 13.0 Å². The van der Waals surface area contributed by atoms with Gasteiger partial charge < -0.3 is 9.64 Å². The second kappa shape index (κ2) is 7.09. The highest BCUT2D eigenvalue weighted by atomic mass is 35.5. The van der Waals surface area contributed by atoms with E-state index in [0.717, 1.165) is 30.0 Å². The van der Waals surface area contributed by atoms with Gasteiger partial charge in [0.05, 0.1) is 25.2 Å². The van der Waals surface area contributed by atoms with Gasteiger partial charge in [-0.1, -0.05) is 23.7 Å². The lowest BCUT2D eigenvalue weighted by Crippen LogP contribution is -2.31. The number of hydrogen-bond acceptors (Lipinski definition) is 2. The second-order valence-electron chi connectivity index (χ2n) is 5.47. The lowest BCUT2D eigenvalue weighted by Gasteiger charge is -2.25. The molecule has 1 aliphatic rings. The zero-order valence-corrected chi connectivity index (χ0v) is 12.9. The van der Waals surface area contributed by atoms with Gasteiger partial charge in [-0.15, -0.1) is 0 Å². The molecule has 0 aromatic heterocycles. The number of carbonyl (C=O) groups is 1. The molecule has 1 atom stereocenters. The third-order valence-corrected chi connectivity index (χ3v) is 3.81. The van der Waals surface area contributed by atoms with Crippen LogP contribution < -0.4 is 0 Å². The third kappa shape index (κ3) is 3.97. The van der Waals surface area contributed by atoms with Crippen LogP contribution in [0, 0.1) is 0 Å². The van der Waals surface area contributed by atoms with Crippen molar-refractivity contribution in [3.05, 3.63) is 34.9 Å². The van der Waals surface area contributed by atoms with Crippen molar-refractivity contribution in [1.82, 2.24) is 4.90 Å². The van der Waals surface area contributed by atoms with E-state index in [1.807, 2.05) is 43.0 Å². The number of benzene rings is 1. The number of carbonyl (C=O) groups excluding carboxylic acids is 1. The topological polar surface area (TPSA) is 29.5 Å². The van der Waals surface area contributed by atoms with E-state index >= 15 is 0 Å². The third-order valence-electron chi connectivity index (χ3n) is 3.57. The maximum absolute atomic E-state index is 12.3. The fourth-order valence-corrected chi connectivity index (χ4v) is 2.85. The van der Waals surface area contributed by atoms with Crippen LogP contribution in [0.4, 0.5) is 0 Å². The molecule has 0 saturated carbocycles. The number of amides is 1. The standard InChI is InChI=1S/C16H22ClNO2/c1-12(2)20-10-8-16(19)18-9-4-7-15(18)13-5-3-6-14(17)11-13/h3,5-6,11-12,15H,4,7-10H2,1-2H3. The van der Waals surface area contributed by atoms with Crippen molar-refractivity contribution < 1.29 is 9.53 Å². The first-order chi connectivity index (χ1) is 9.58. The lowest BCUT2D eigenvalue weighted by molar-refractivity contribution is -0.133. The molecular formula is C16H22ClNO2. The fraction of sp³-hybridized carbons (Fsp3) is 0.562. The van der Waals surface area contributed by atoms with Crippen molar-refractivity contribution in [1.29, 1.82) is 0 Å². The molecule has 1 amide bonds. The molecule has 0 radical (unpaired) electrons. The highest BCUT2D eigenvalue weighted by Gasteiger charge is 2.29. The summed E-state index contributed by atoms with van der Waals surface area (Å²) in [6.07, 6.45) is 2.69. The average molecular weight is 296 g/mol. The van der Waals surface area contributed by atoms with Crippen molar-refractivity contribution in [2.24, 2.45) is 0 Å². The Morgan fingerprint density at radius 2 is 2.30 bits per heavy atom. The highest BCUT2D eigenvalue weighted by molar-refractivity contribution is 6.30. The Kier molecular flexibility index (Phi) is 5.44. The summed E-state index contributed by atoms with van der Waals surface area (Å²) in [7, 11) is 0. The van der Waals surface area contributed by atoms with Gasteiger partial charge in [0.15, 0.2) is 0 Å². The quantitative estimate of drug-likeness (QED) is 0.826. The maximum atomic E-state index is 12.3. The molecule has 4 heteroatoms. The molecule has 1 aromatic rings. The van der Waals surface area contributed by atoms with Crippen LogP contribution in [0.2, 0.25) is 5.02 Å². The zero-order valence-electron chi connectivity index (χ0n) is 12.1. The molecule has 1 aliphatic heterocycles. The first-order valence-corrected chi connectivity index (χ1v) is 7.62. The number of halogens is 1. The second-order valence-corrected chi connectivity index (χ2v) is 5.91. The Bertz CT molecular complexity index is 462. The van der Waals surface area contributed by atoms with Gasteiger partial charge in [0.1, 0.15) is 0 Å². The summed E-state index contributed by atoms with van der Waals surface area (Å²) >= 11 is 6.05. The number of hydrogen-bond donors (Lipinski definition) is 0. The van der Waals surface area contributed by atoms with E-state index in [4.69, 9.17) is 16.3 Å². The van der Waals surface area contributed by atoms with Gasteiger partial charge in [-0.05, 0) is 44.4 Å². The summed E-state index contributed by atoms with van der Waals surface area (Å²) in [4.78, 5) is 14.3. The summed E-state index contributed by atoms with van der Waals surface area (Å²) in [6, 6.07) is 7.98. The van der Waals surface area contributed by atoms with Crippen LogP contribution in [0.25, 0.3) is 0 Å². The van der Waals surface area contributed by atoms with Crippen LogP contribution in [0.5, 0.6) is 0 Å². The molecule has 20 heavy (non-hydrogen) atoms. The molecule has 0 bridgehead atoms.